The Morgan fingerprint density at radius 3 is 2.89 bits per heavy atom. The molecule has 1 N–H and O–H groups in total. The van der Waals surface area contributed by atoms with Crippen molar-refractivity contribution in [2.75, 3.05) is 7.11 Å². The first-order valence-corrected chi connectivity index (χ1v) is 6.49. The van der Waals surface area contributed by atoms with Gasteiger partial charge >= 0.3 is 0 Å². The molecule has 1 aromatic carbocycles. The van der Waals surface area contributed by atoms with Crippen molar-refractivity contribution in [2.45, 2.75) is 25.8 Å². The summed E-state index contributed by atoms with van der Waals surface area (Å²) >= 11 is 3.35. The summed E-state index contributed by atoms with van der Waals surface area (Å²) in [4.78, 5) is 12.1. The van der Waals surface area contributed by atoms with Gasteiger partial charge in [0.25, 0.3) is 5.91 Å². The van der Waals surface area contributed by atoms with Crippen LogP contribution in [0.25, 0.3) is 0 Å². The Morgan fingerprint density at radius 2 is 2.33 bits per heavy atom. The lowest BCUT2D eigenvalue weighted by molar-refractivity contribution is 0.0935. The third-order valence-corrected chi connectivity index (χ3v) is 3.30. The molecule has 0 aliphatic carbocycles. The topological polar surface area (TPSA) is 38.3 Å². The number of nitrogens with one attached hydrogen (secondary N) is 1. The second-order valence-corrected chi connectivity index (χ2v) is 4.69. The molecule has 0 saturated heterocycles. The van der Waals surface area contributed by atoms with E-state index in [0.717, 1.165) is 10.9 Å². The highest BCUT2D eigenvalue weighted by Gasteiger charge is 2.14. The monoisotopic (exact) mass is 309 g/mol. The van der Waals surface area contributed by atoms with E-state index < -0.39 is 0 Å². The molecule has 0 saturated carbocycles. The first kappa shape index (κ1) is 14.6. The Kier molecular flexibility index (Phi) is 5.73. The molecule has 1 aromatic rings. The largest absolute Gasteiger partial charge is 0.497 e. The zero-order valence-electron chi connectivity index (χ0n) is 10.5. The van der Waals surface area contributed by atoms with Crippen molar-refractivity contribution in [1.29, 1.82) is 0 Å². The van der Waals surface area contributed by atoms with Gasteiger partial charge in [0.15, 0.2) is 0 Å². The van der Waals surface area contributed by atoms with Gasteiger partial charge in [-0.15, -0.1) is 12.3 Å². The van der Waals surface area contributed by atoms with Gasteiger partial charge in [-0.1, -0.05) is 6.92 Å². The highest BCUT2D eigenvalue weighted by Crippen LogP contribution is 2.22. The van der Waals surface area contributed by atoms with E-state index in [-0.39, 0.29) is 11.9 Å². The van der Waals surface area contributed by atoms with E-state index in [2.05, 4.69) is 27.2 Å². The van der Waals surface area contributed by atoms with E-state index in [4.69, 9.17) is 11.2 Å². The third kappa shape index (κ3) is 3.78. The predicted octanol–water partition coefficient (Wildman–Crippen LogP) is 2.99. The van der Waals surface area contributed by atoms with E-state index in [9.17, 15) is 4.79 Å². The van der Waals surface area contributed by atoms with Gasteiger partial charge in [0, 0.05) is 16.9 Å². The smallest absolute Gasteiger partial charge is 0.252 e. The average molecular weight is 310 g/mol. The number of methoxy groups -OCH3 is 1. The standard InChI is InChI=1S/C14H16BrNO2/c1-4-6-10(5-2)16-14(17)12-9-11(18-3)7-8-13(12)15/h1,7-10H,5-6H2,2-3H3,(H,16,17). The van der Waals surface area contributed by atoms with E-state index >= 15 is 0 Å². The van der Waals surface area contributed by atoms with Gasteiger partial charge in [0.2, 0.25) is 0 Å². The van der Waals surface area contributed by atoms with Crippen LogP contribution in [0.2, 0.25) is 0 Å². The SMILES string of the molecule is C#CCC(CC)NC(=O)c1cc(OC)ccc1Br. The van der Waals surface area contributed by atoms with Crippen LogP contribution in [-0.2, 0) is 0 Å². The molecule has 0 aromatic heterocycles. The number of halogens is 1. The molecule has 0 radical (unpaired) electrons. The van der Waals surface area contributed by atoms with Crippen molar-refractivity contribution in [3.8, 4) is 18.1 Å². The van der Waals surface area contributed by atoms with Crippen LogP contribution in [0.3, 0.4) is 0 Å². The maximum absolute atomic E-state index is 12.1. The highest BCUT2D eigenvalue weighted by molar-refractivity contribution is 9.10. The number of benzene rings is 1. The fraction of sp³-hybridized carbons (Fsp3) is 0.357. The summed E-state index contributed by atoms with van der Waals surface area (Å²) in [6.45, 7) is 1.99. The minimum atomic E-state index is -0.150. The van der Waals surface area contributed by atoms with Gasteiger partial charge in [-0.05, 0) is 40.5 Å². The Morgan fingerprint density at radius 1 is 1.61 bits per heavy atom. The number of carbonyl (C=O) groups is 1. The average Bonchev–Trinajstić information content (AvgIpc) is 2.38. The molecule has 1 amide bonds. The minimum Gasteiger partial charge on any atom is -0.497 e. The molecule has 0 heterocycles. The Balaban J connectivity index is 2.86. The van der Waals surface area contributed by atoms with Gasteiger partial charge in [-0.2, -0.15) is 0 Å². The summed E-state index contributed by atoms with van der Waals surface area (Å²) < 4.78 is 5.84. The summed E-state index contributed by atoms with van der Waals surface area (Å²) in [6, 6.07) is 5.28. The molecule has 0 aliphatic rings. The van der Waals surface area contributed by atoms with E-state index in [1.54, 1.807) is 25.3 Å². The second kappa shape index (κ2) is 7.07. The van der Waals surface area contributed by atoms with Crippen molar-refractivity contribution in [2.24, 2.45) is 0 Å². The third-order valence-electron chi connectivity index (χ3n) is 2.61. The lowest BCUT2D eigenvalue weighted by Gasteiger charge is -2.15. The van der Waals surface area contributed by atoms with Gasteiger partial charge in [-0.25, -0.2) is 0 Å². The van der Waals surface area contributed by atoms with E-state index in [1.165, 1.54) is 0 Å². The lowest BCUT2D eigenvalue weighted by Crippen LogP contribution is -2.34. The molecule has 1 atom stereocenters. The number of carbonyl (C=O) groups excluding carboxylic acids is 1. The number of rotatable bonds is 5. The van der Waals surface area contributed by atoms with Crippen LogP contribution in [0.1, 0.15) is 30.1 Å². The fourth-order valence-corrected chi connectivity index (χ4v) is 1.93. The number of terminal acetylenes is 1. The normalized spacial score (nSPS) is 11.4. The summed E-state index contributed by atoms with van der Waals surface area (Å²) in [7, 11) is 1.57. The van der Waals surface area contributed by atoms with Crippen molar-refractivity contribution in [1.82, 2.24) is 5.32 Å². The maximum Gasteiger partial charge on any atom is 0.252 e. The van der Waals surface area contributed by atoms with Crippen molar-refractivity contribution >= 4 is 21.8 Å². The van der Waals surface area contributed by atoms with Crippen LogP contribution in [-0.4, -0.2) is 19.1 Å². The van der Waals surface area contributed by atoms with Crippen LogP contribution in [0.5, 0.6) is 5.75 Å². The van der Waals surface area contributed by atoms with Crippen molar-refractivity contribution in [3.05, 3.63) is 28.2 Å². The van der Waals surface area contributed by atoms with Crippen LogP contribution in [0, 0.1) is 12.3 Å². The van der Waals surface area contributed by atoms with Crippen molar-refractivity contribution in [3.63, 3.8) is 0 Å². The molecular weight excluding hydrogens is 294 g/mol. The molecule has 1 rings (SSSR count). The summed E-state index contributed by atoms with van der Waals surface area (Å²) in [5.41, 5.74) is 0.546. The van der Waals surface area contributed by atoms with E-state index in [0.29, 0.717) is 17.7 Å². The van der Waals surface area contributed by atoms with Gasteiger partial charge in [0.05, 0.1) is 12.7 Å². The maximum atomic E-state index is 12.1. The molecule has 0 bridgehead atoms. The molecule has 0 spiro atoms. The Bertz CT molecular complexity index is 465. The highest BCUT2D eigenvalue weighted by atomic mass is 79.9. The molecule has 18 heavy (non-hydrogen) atoms. The van der Waals surface area contributed by atoms with Crippen LogP contribution >= 0.6 is 15.9 Å². The Hall–Kier alpha value is -1.47. The first-order chi connectivity index (χ1) is 8.62. The van der Waals surface area contributed by atoms with Crippen LogP contribution < -0.4 is 10.1 Å². The second-order valence-electron chi connectivity index (χ2n) is 3.83. The quantitative estimate of drug-likeness (QED) is 0.849. The predicted molar refractivity (Wildman–Crippen MR) is 75.7 cm³/mol. The number of hydrogen-bond acceptors (Lipinski definition) is 2. The van der Waals surface area contributed by atoms with Crippen molar-refractivity contribution < 1.29 is 9.53 Å². The van der Waals surface area contributed by atoms with Crippen LogP contribution in [0.15, 0.2) is 22.7 Å². The molecule has 0 fully saturated rings. The van der Waals surface area contributed by atoms with Gasteiger partial charge in [0.1, 0.15) is 5.75 Å². The molecule has 4 heteroatoms. The molecule has 0 aliphatic heterocycles. The Labute approximate surface area is 116 Å². The van der Waals surface area contributed by atoms with Gasteiger partial charge < -0.3 is 10.1 Å². The summed E-state index contributed by atoms with van der Waals surface area (Å²) in [5, 5.41) is 2.91. The van der Waals surface area contributed by atoms with Gasteiger partial charge in [-0.3, -0.25) is 4.79 Å². The van der Waals surface area contributed by atoms with Crippen LogP contribution in [0.4, 0.5) is 0 Å². The molecule has 1 unspecified atom stereocenters. The zero-order valence-corrected chi connectivity index (χ0v) is 12.1. The number of amides is 1. The summed E-state index contributed by atoms with van der Waals surface area (Å²) in [5.74, 6) is 3.06. The summed E-state index contributed by atoms with van der Waals surface area (Å²) in [6.07, 6.45) is 6.60. The fourth-order valence-electron chi connectivity index (χ4n) is 1.51. The number of ether oxygens (including phenoxy) is 1. The lowest BCUT2D eigenvalue weighted by atomic mass is 10.1. The first-order valence-electron chi connectivity index (χ1n) is 5.70. The van der Waals surface area contributed by atoms with E-state index in [1.807, 2.05) is 6.92 Å². The minimum absolute atomic E-state index is 0.000557. The number of hydrogen-bond donors (Lipinski definition) is 1. The molecular formula is C14H16BrNO2. The zero-order chi connectivity index (χ0) is 13.5. The molecule has 3 nitrogen and oxygen atoms in total. The molecule has 96 valence electrons.